The zero-order valence-electron chi connectivity index (χ0n) is 7.23. The van der Waals surface area contributed by atoms with Crippen molar-refractivity contribution in [3.63, 3.8) is 0 Å². The highest BCUT2D eigenvalue weighted by Gasteiger charge is 2.16. The Bertz CT molecular complexity index is 380. The first-order chi connectivity index (χ1) is 6.77. The van der Waals surface area contributed by atoms with Crippen molar-refractivity contribution in [3.8, 4) is 11.5 Å². The van der Waals surface area contributed by atoms with Crippen molar-refractivity contribution >= 4 is 23.4 Å². The highest BCUT2D eigenvalue weighted by Crippen LogP contribution is 2.39. The van der Waals surface area contributed by atoms with Gasteiger partial charge in [-0.05, 0) is 6.08 Å². The number of carboxylic acid groups (broad SMARTS) is 1. The maximum atomic E-state index is 10.3. The van der Waals surface area contributed by atoms with E-state index in [0.717, 1.165) is 11.0 Å². The maximum Gasteiger partial charge on any atom is 0.328 e. The van der Waals surface area contributed by atoms with Crippen LogP contribution in [0.25, 0.3) is 6.08 Å². The van der Waals surface area contributed by atoms with Crippen LogP contribution in [0.2, 0.25) is 0 Å². The van der Waals surface area contributed by atoms with Crippen molar-refractivity contribution in [1.29, 1.82) is 0 Å². The van der Waals surface area contributed by atoms with Crippen LogP contribution in [0.4, 0.5) is 0 Å². The monoisotopic (exact) mass is 212 g/mol. The lowest BCUT2D eigenvalue weighted by Gasteiger charge is -2.14. The van der Waals surface area contributed by atoms with E-state index in [9.17, 15) is 4.79 Å². The molecule has 0 radical (unpaired) electrons. The molecule has 2 rings (SSSR count). The van der Waals surface area contributed by atoms with Crippen LogP contribution in [-0.2, 0) is 4.79 Å². The summed E-state index contributed by atoms with van der Waals surface area (Å²) in [5.41, 5.74) is 0. The summed E-state index contributed by atoms with van der Waals surface area (Å²) in [6.45, 7) is 1.06. The number of hydrogen-bond acceptors (Lipinski definition) is 4. The Hall–Kier alpha value is -1.49. The minimum Gasteiger partial charge on any atom is -0.485 e. The molecule has 0 unspecified atom stereocenters. The van der Waals surface area contributed by atoms with E-state index < -0.39 is 5.97 Å². The number of carbonyl (C=O) groups is 1. The van der Waals surface area contributed by atoms with Crippen LogP contribution < -0.4 is 9.47 Å². The Balaban J connectivity index is 2.26. The SMILES string of the molecule is O=C(O)C=Cc1scc2c1OCCO2. The normalized spacial score (nSPS) is 14.6. The van der Waals surface area contributed by atoms with Crippen molar-refractivity contribution < 1.29 is 19.4 Å². The number of thiophene rings is 1. The van der Waals surface area contributed by atoms with Crippen LogP contribution in [-0.4, -0.2) is 24.3 Å². The number of rotatable bonds is 2. The van der Waals surface area contributed by atoms with Crippen LogP contribution in [0.5, 0.6) is 11.5 Å². The fourth-order valence-corrected chi connectivity index (χ4v) is 1.97. The third-order valence-electron chi connectivity index (χ3n) is 1.71. The van der Waals surface area contributed by atoms with Gasteiger partial charge in [-0.1, -0.05) is 0 Å². The fourth-order valence-electron chi connectivity index (χ4n) is 1.14. The van der Waals surface area contributed by atoms with Crippen LogP contribution in [0.1, 0.15) is 4.88 Å². The van der Waals surface area contributed by atoms with E-state index in [0.29, 0.717) is 24.7 Å². The first kappa shape index (κ1) is 9.08. The second-order valence-electron chi connectivity index (χ2n) is 2.66. The summed E-state index contributed by atoms with van der Waals surface area (Å²) in [5.74, 6) is 0.383. The first-order valence-corrected chi connectivity index (χ1v) is 4.93. The lowest BCUT2D eigenvalue weighted by atomic mass is 10.3. The molecule has 14 heavy (non-hydrogen) atoms. The van der Waals surface area contributed by atoms with Crippen molar-refractivity contribution in [2.45, 2.75) is 0 Å². The Morgan fingerprint density at radius 1 is 1.50 bits per heavy atom. The van der Waals surface area contributed by atoms with Gasteiger partial charge in [0.2, 0.25) is 0 Å². The van der Waals surface area contributed by atoms with Gasteiger partial charge in [-0.2, -0.15) is 0 Å². The molecule has 74 valence electrons. The molecule has 0 bridgehead atoms. The lowest BCUT2D eigenvalue weighted by molar-refractivity contribution is -0.131. The van der Waals surface area contributed by atoms with Crippen molar-refractivity contribution in [3.05, 3.63) is 16.3 Å². The van der Waals surface area contributed by atoms with Gasteiger partial charge in [0.15, 0.2) is 11.5 Å². The third kappa shape index (κ3) is 1.72. The predicted molar refractivity (Wildman–Crippen MR) is 52.0 cm³/mol. The number of aliphatic carboxylic acids is 1. The smallest absolute Gasteiger partial charge is 0.328 e. The molecule has 2 heterocycles. The number of fused-ring (bicyclic) bond motifs is 1. The summed E-state index contributed by atoms with van der Waals surface area (Å²) < 4.78 is 10.7. The van der Waals surface area contributed by atoms with Gasteiger partial charge < -0.3 is 14.6 Å². The summed E-state index contributed by atoms with van der Waals surface area (Å²) in [4.78, 5) is 11.1. The average molecular weight is 212 g/mol. The largest absolute Gasteiger partial charge is 0.485 e. The van der Waals surface area contributed by atoms with E-state index in [1.54, 1.807) is 0 Å². The van der Waals surface area contributed by atoms with E-state index >= 15 is 0 Å². The molecule has 0 aromatic carbocycles. The van der Waals surface area contributed by atoms with Gasteiger partial charge in [0, 0.05) is 11.5 Å². The lowest BCUT2D eigenvalue weighted by Crippen LogP contribution is -2.14. The van der Waals surface area contributed by atoms with E-state index in [1.807, 2.05) is 5.38 Å². The molecule has 4 nitrogen and oxygen atoms in total. The van der Waals surface area contributed by atoms with Crippen LogP contribution in [0.15, 0.2) is 11.5 Å². The fraction of sp³-hybridized carbons (Fsp3) is 0.222. The number of carboxylic acids is 1. The van der Waals surface area contributed by atoms with Crippen LogP contribution >= 0.6 is 11.3 Å². The average Bonchev–Trinajstić information content (AvgIpc) is 2.58. The van der Waals surface area contributed by atoms with Crippen LogP contribution in [0, 0.1) is 0 Å². The number of hydrogen-bond donors (Lipinski definition) is 1. The molecule has 0 amide bonds. The van der Waals surface area contributed by atoms with Gasteiger partial charge >= 0.3 is 5.97 Å². The Morgan fingerprint density at radius 2 is 2.29 bits per heavy atom. The second-order valence-corrected chi connectivity index (χ2v) is 3.57. The summed E-state index contributed by atoms with van der Waals surface area (Å²) in [7, 11) is 0. The second kappa shape index (κ2) is 3.71. The van der Waals surface area contributed by atoms with E-state index in [4.69, 9.17) is 14.6 Å². The molecule has 5 heteroatoms. The Morgan fingerprint density at radius 3 is 3.07 bits per heavy atom. The minimum atomic E-state index is -0.969. The van der Waals surface area contributed by atoms with Crippen molar-refractivity contribution in [2.24, 2.45) is 0 Å². The zero-order valence-corrected chi connectivity index (χ0v) is 8.04. The standard InChI is InChI=1S/C9H8O4S/c10-8(11)2-1-7-9-6(5-14-7)12-3-4-13-9/h1-2,5H,3-4H2,(H,10,11). The van der Waals surface area contributed by atoms with Gasteiger partial charge in [-0.25, -0.2) is 4.79 Å². The third-order valence-corrected chi connectivity index (χ3v) is 2.61. The molecule has 1 N–H and O–H groups in total. The summed E-state index contributed by atoms with van der Waals surface area (Å²) in [5, 5.41) is 10.3. The topological polar surface area (TPSA) is 55.8 Å². The van der Waals surface area contributed by atoms with Crippen LogP contribution in [0.3, 0.4) is 0 Å². The van der Waals surface area contributed by atoms with E-state index in [2.05, 4.69) is 0 Å². The molecular formula is C9H8O4S. The van der Waals surface area contributed by atoms with Crippen molar-refractivity contribution in [2.75, 3.05) is 13.2 Å². The highest BCUT2D eigenvalue weighted by atomic mass is 32.1. The van der Waals surface area contributed by atoms with E-state index in [-0.39, 0.29) is 0 Å². The summed E-state index contributed by atoms with van der Waals surface area (Å²) >= 11 is 1.41. The molecule has 0 spiro atoms. The van der Waals surface area contributed by atoms with Gasteiger partial charge in [0.25, 0.3) is 0 Å². The first-order valence-electron chi connectivity index (χ1n) is 4.05. The molecule has 0 saturated heterocycles. The van der Waals surface area contributed by atoms with Gasteiger partial charge in [-0.3, -0.25) is 0 Å². The highest BCUT2D eigenvalue weighted by molar-refractivity contribution is 7.11. The quantitative estimate of drug-likeness (QED) is 0.757. The summed E-state index contributed by atoms with van der Waals surface area (Å²) in [6.07, 6.45) is 2.60. The van der Waals surface area contributed by atoms with Gasteiger partial charge in [-0.15, -0.1) is 11.3 Å². The van der Waals surface area contributed by atoms with Crippen molar-refractivity contribution in [1.82, 2.24) is 0 Å². The maximum absolute atomic E-state index is 10.3. The molecule has 1 aliphatic rings. The molecule has 0 fully saturated rings. The Kier molecular flexibility index (Phi) is 2.41. The van der Waals surface area contributed by atoms with Gasteiger partial charge in [0.1, 0.15) is 13.2 Å². The van der Waals surface area contributed by atoms with Gasteiger partial charge in [0.05, 0.1) is 4.88 Å². The molecule has 1 aromatic heterocycles. The zero-order chi connectivity index (χ0) is 9.97. The molecule has 0 saturated carbocycles. The molecule has 1 aromatic rings. The minimum absolute atomic E-state index is 0.512. The van der Waals surface area contributed by atoms with E-state index in [1.165, 1.54) is 17.4 Å². The summed E-state index contributed by atoms with van der Waals surface area (Å²) in [6, 6.07) is 0. The molecular weight excluding hydrogens is 204 g/mol. The molecule has 1 aliphatic heterocycles. The Labute approximate surface area is 84.4 Å². The molecule has 0 atom stereocenters. The number of ether oxygens (including phenoxy) is 2. The predicted octanol–water partition coefficient (Wildman–Crippen LogP) is 1.62. The molecule has 0 aliphatic carbocycles.